The average molecular weight is 232 g/mol. The fourth-order valence-corrected chi connectivity index (χ4v) is 2.25. The summed E-state index contributed by atoms with van der Waals surface area (Å²) in [6, 6.07) is 2.18. The minimum Gasteiger partial charge on any atom is -0.472 e. The van der Waals surface area contributed by atoms with Gasteiger partial charge >= 0.3 is 0 Å². The Kier molecular flexibility index (Phi) is 2.68. The van der Waals surface area contributed by atoms with Crippen LogP contribution >= 0.6 is 0 Å². The summed E-state index contributed by atoms with van der Waals surface area (Å²) in [5.74, 6) is 2.16. The van der Waals surface area contributed by atoms with Gasteiger partial charge in [-0.15, -0.1) is 10.2 Å². The van der Waals surface area contributed by atoms with E-state index < -0.39 is 0 Å². The SMILES string of the molecule is CC(NCc1ccoc1)c1nnc2n1CCC2. The molecule has 0 spiro atoms. The summed E-state index contributed by atoms with van der Waals surface area (Å²) in [6.45, 7) is 3.96. The monoisotopic (exact) mass is 232 g/mol. The van der Waals surface area contributed by atoms with E-state index in [-0.39, 0.29) is 6.04 Å². The molecule has 0 saturated heterocycles. The van der Waals surface area contributed by atoms with Crippen molar-refractivity contribution in [3.63, 3.8) is 0 Å². The normalized spacial score (nSPS) is 16.1. The number of hydrogen-bond acceptors (Lipinski definition) is 4. The molecule has 3 rings (SSSR count). The van der Waals surface area contributed by atoms with Gasteiger partial charge in [-0.2, -0.15) is 0 Å². The Morgan fingerprint density at radius 3 is 3.29 bits per heavy atom. The molecule has 1 aliphatic heterocycles. The minimum absolute atomic E-state index is 0.212. The molecule has 0 bridgehead atoms. The van der Waals surface area contributed by atoms with Crippen molar-refractivity contribution in [1.29, 1.82) is 0 Å². The molecule has 5 heteroatoms. The van der Waals surface area contributed by atoms with Gasteiger partial charge in [0.2, 0.25) is 0 Å². The summed E-state index contributed by atoms with van der Waals surface area (Å²) in [5, 5.41) is 11.9. The van der Waals surface area contributed by atoms with Crippen LogP contribution < -0.4 is 5.32 Å². The van der Waals surface area contributed by atoms with E-state index in [9.17, 15) is 0 Å². The van der Waals surface area contributed by atoms with E-state index >= 15 is 0 Å². The summed E-state index contributed by atoms with van der Waals surface area (Å²) in [4.78, 5) is 0. The van der Waals surface area contributed by atoms with Crippen LogP contribution in [0.3, 0.4) is 0 Å². The third kappa shape index (κ3) is 1.98. The van der Waals surface area contributed by atoms with Gasteiger partial charge in [-0.1, -0.05) is 0 Å². The first-order chi connectivity index (χ1) is 8.34. The number of rotatable bonds is 4. The van der Waals surface area contributed by atoms with Gasteiger partial charge in [-0.3, -0.25) is 0 Å². The lowest BCUT2D eigenvalue weighted by atomic mass is 10.2. The van der Waals surface area contributed by atoms with Gasteiger partial charge in [0, 0.05) is 25.1 Å². The van der Waals surface area contributed by atoms with E-state index in [4.69, 9.17) is 4.42 Å². The first-order valence-corrected chi connectivity index (χ1v) is 6.01. The van der Waals surface area contributed by atoms with E-state index in [0.717, 1.165) is 36.7 Å². The predicted molar refractivity (Wildman–Crippen MR) is 62.3 cm³/mol. The molecule has 0 aliphatic carbocycles. The molecular weight excluding hydrogens is 216 g/mol. The quantitative estimate of drug-likeness (QED) is 0.871. The highest BCUT2D eigenvalue weighted by molar-refractivity contribution is 5.07. The molecule has 0 amide bonds. The maximum absolute atomic E-state index is 5.04. The van der Waals surface area contributed by atoms with Crippen molar-refractivity contribution in [3.8, 4) is 0 Å². The molecule has 2 aromatic rings. The van der Waals surface area contributed by atoms with Crippen LogP contribution in [0.25, 0.3) is 0 Å². The van der Waals surface area contributed by atoms with E-state index in [1.165, 1.54) is 6.42 Å². The molecule has 1 atom stereocenters. The third-order valence-corrected chi connectivity index (χ3v) is 3.22. The summed E-state index contributed by atoms with van der Waals surface area (Å²) >= 11 is 0. The van der Waals surface area contributed by atoms with Crippen molar-refractivity contribution < 1.29 is 4.42 Å². The number of fused-ring (bicyclic) bond motifs is 1. The van der Waals surface area contributed by atoms with E-state index in [0.29, 0.717) is 0 Å². The minimum atomic E-state index is 0.212. The summed E-state index contributed by atoms with van der Waals surface area (Å²) in [5.41, 5.74) is 1.15. The molecule has 0 fully saturated rings. The van der Waals surface area contributed by atoms with Gasteiger partial charge in [-0.25, -0.2) is 0 Å². The Morgan fingerprint density at radius 2 is 2.47 bits per heavy atom. The number of nitrogens with one attached hydrogen (secondary N) is 1. The number of aryl methyl sites for hydroxylation is 1. The van der Waals surface area contributed by atoms with Gasteiger partial charge in [0.25, 0.3) is 0 Å². The first kappa shape index (κ1) is 10.5. The lowest BCUT2D eigenvalue weighted by molar-refractivity contribution is 0.510. The molecule has 0 saturated carbocycles. The van der Waals surface area contributed by atoms with Crippen LogP contribution in [0.4, 0.5) is 0 Å². The van der Waals surface area contributed by atoms with Crippen molar-refractivity contribution in [1.82, 2.24) is 20.1 Å². The zero-order chi connectivity index (χ0) is 11.7. The lowest BCUT2D eigenvalue weighted by Crippen LogP contribution is -2.21. The maximum Gasteiger partial charge on any atom is 0.149 e. The smallest absolute Gasteiger partial charge is 0.149 e. The van der Waals surface area contributed by atoms with Crippen LogP contribution in [0, 0.1) is 0 Å². The Morgan fingerprint density at radius 1 is 1.53 bits per heavy atom. The molecular formula is C12H16N4O. The summed E-state index contributed by atoms with van der Waals surface area (Å²) in [7, 11) is 0. The maximum atomic E-state index is 5.04. The molecule has 2 aromatic heterocycles. The lowest BCUT2D eigenvalue weighted by Gasteiger charge is -2.12. The fourth-order valence-electron chi connectivity index (χ4n) is 2.25. The molecule has 90 valence electrons. The zero-order valence-electron chi connectivity index (χ0n) is 9.89. The average Bonchev–Trinajstić information content (AvgIpc) is 3.02. The largest absolute Gasteiger partial charge is 0.472 e. The van der Waals surface area contributed by atoms with Crippen LogP contribution in [-0.4, -0.2) is 14.8 Å². The Bertz CT molecular complexity index is 489. The van der Waals surface area contributed by atoms with Gasteiger partial charge in [0.15, 0.2) is 0 Å². The topological polar surface area (TPSA) is 55.9 Å². The zero-order valence-corrected chi connectivity index (χ0v) is 9.89. The van der Waals surface area contributed by atoms with Crippen LogP contribution in [0.1, 0.15) is 36.6 Å². The highest BCUT2D eigenvalue weighted by Gasteiger charge is 2.20. The van der Waals surface area contributed by atoms with Crippen molar-refractivity contribution in [3.05, 3.63) is 35.8 Å². The Balaban J connectivity index is 1.67. The second-order valence-electron chi connectivity index (χ2n) is 4.46. The summed E-state index contributed by atoms with van der Waals surface area (Å²) < 4.78 is 7.27. The van der Waals surface area contributed by atoms with Crippen LogP contribution in [0.15, 0.2) is 23.0 Å². The molecule has 3 heterocycles. The summed E-state index contributed by atoms with van der Waals surface area (Å²) in [6.07, 6.45) is 5.69. The van der Waals surface area contributed by atoms with E-state index in [2.05, 4.69) is 27.0 Å². The predicted octanol–water partition coefficient (Wildman–Crippen LogP) is 1.67. The van der Waals surface area contributed by atoms with Crippen LogP contribution in [-0.2, 0) is 19.5 Å². The molecule has 0 aromatic carbocycles. The van der Waals surface area contributed by atoms with Gasteiger partial charge < -0.3 is 14.3 Å². The van der Waals surface area contributed by atoms with Crippen molar-refractivity contribution in [2.45, 2.75) is 38.9 Å². The van der Waals surface area contributed by atoms with Gasteiger partial charge in [0.05, 0.1) is 18.6 Å². The molecule has 1 unspecified atom stereocenters. The van der Waals surface area contributed by atoms with Crippen molar-refractivity contribution in [2.75, 3.05) is 0 Å². The van der Waals surface area contributed by atoms with Crippen LogP contribution in [0.2, 0.25) is 0 Å². The first-order valence-electron chi connectivity index (χ1n) is 6.01. The molecule has 1 N–H and O–H groups in total. The Labute approximate surface area is 99.8 Å². The number of hydrogen-bond donors (Lipinski definition) is 1. The Hall–Kier alpha value is -1.62. The van der Waals surface area contributed by atoms with Crippen molar-refractivity contribution >= 4 is 0 Å². The second kappa shape index (κ2) is 4.33. The number of furan rings is 1. The highest BCUT2D eigenvalue weighted by Crippen LogP contribution is 2.19. The second-order valence-corrected chi connectivity index (χ2v) is 4.46. The molecule has 0 radical (unpaired) electrons. The highest BCUT2D eigenvalue weighted by atomic mass is 16.3. The van der Waals surface area contributed by atoms with Gasteiger partial charge in [-0.05, 0) is 19.4 Å². The van der Waals surface area contributed by atoms with Crippen LogP contribution in [0.5, 0.6) is 0 Å². The molecule has 1 aliphatic rings. The third-order valence-electron chi connectivity index (χ3n) is 3.22. The molecule has 5 nitrogen and oxygen atoms in total. The van der Waals surface area contributed by atoms with E-state index in [1.54, 1.807) is 12.5 Å². The van der Waals surface area contributed by atoms with E-state index in [1.807, 2.05) is 6.07 Å². The number of nitrogens with zero attached hydrogens (tertiary/aromatic N) is 3. The molecule has 17 heavy (non-hydrogen) atoms. The standard InChI is InChI=1S/C12H16N4O/c1-9(13-7-10-4-6-17-8-10)12-15-14-11-3-2-5-16(11)12/h4,6,8-9,13H,2-3,5,7H2,1H3. The number of aromatic nitrogens is 3. The fraction of sp³-hybridized carbons (Fsp3) is 0.500. The van der Waals surface area contributed by atoms with Gasteiger partial charge in [0.1, 0.15) is 11.6 Å². The van der Waals surface area contributed by atoms with Crippen molar-refractivity contribution in [2.24, 2.45) is 0 Å².